The van der Waals surface area contributed by atoms with Gasteiger partial charge in [0, 0.05) is 19.4 Å². The molecule has 0 atom stereocenters. The van der Waals surface area contributed by atoms with Gasteiger partial charge in [0.2, 0.25) is 5.91 Å². The van der Waals surface area contributed by atoms with E-state index in [1.807, 2.05) is 30.1 Å². The lowest BCUT2D eigenvalue weighted by atomic mass is 10.0. The van der Waals surface area contributed by atoms with E-state index in [4.69, 9.17) is 0 Å². The third-order valence-corrected chi connectivity index (χ3v) is 3.59. The number of rotatable bonds is 4. The van der Waals surface area contributed by atoms with E-state index >= 15 is 0 Å². The van der Waals surface area contributed by atoms with Gasteiger partial charge in [-0.15, -0.1) is 0 Å². The summed E-state index contributed by atoms with van der Waals surface area (Å²) in [7, 11) is 0. The number of aryl methyl sites for hydroxylation is 3. The molecule has 0 saturated heterocycles. The molecule has 0 fully saturated rings. The molecule has 0 bridgehead atoms. The van der Waals surface area contributed by atoms with Gasteiger partial charge in [-0.25, -0.2) is 4.98 Å². The molecular formula is C15H19N5O. The maximum absolute atomic E-state index is 12.1. The minimum absolute atomic E-state index is 0.00541. The molecule has 3 rings (SSSR count). The number of aromatic amines is 1. The van der Waals surface area contributed by atoms with E-state index in [0.717, 1.165) is 30.9 Å². The predicted octanol–water partition coefficient (Wildman–Crippen LogP) is 1.53. The molecule has 0 spiro atoms. The second-order valence-electron chi connectivity index (χ2n) is 5.26. The van der Waals surface area contributed by atoms with Crippen molar-refractivity contribution in [1.82, 2.24) is 20.6 Å². The molecule has 0 radical (unpaired) electrons. The van der Waals surface area contributed by atoms with Crippen LogP contribution >= 0.6 is 0 Å². The van der Waals surface area contributed by atoms with Gasteiger partial charge in [0.25, 0.3) is 0 Å². The van der Waals surface area contributed by atoms with E-state index in [9.17, 15) is 4.79 Å². The molecule has 1 amide bonds. The number of nitrogens with zero attached hydrogens (tertiary/aromatic N) is 3. The van der Waals surface area contributed by atoms with Gasteiger partial charge < -0.3 is 0 Å². The van der Waals surface area contributed by atoms with Crippen molar-refractivity contribution in [3.8, 4) is 0 Å². The van der Waals surface area contributed by atoms with Crippen molar-refractivity contribution in [2.75, 3.05) is 11.6 Å². The maximum Gasteiger partial charge on any atom is 0.238 e. The zero-order chi connectivity index (χ0) is 14.7. The summed E-state index contributed by atoms with van der Waals surface area (Å²) in [6, 6.07) is 8.20. The van der Waals surface area contributed by atoms with Crippen molar-refractivity contribution in [1.29, 1.82) is 0 Å². The number of amides is 1. The van der Waals surface area contributed by atoms with Crippen LogP contribution in [0.1, 0.15) is 30.1 Å². The Labute approximate surface area is 123 Å². The van der Waals surface area contributed by atoms with Crippen molar-refractivity contribution in [3.63, 3.8) is 0 Å². The minimum Gasteiger partial charge on any atom is -0.285 e. The highest BCUT2D eigenvalue weighted by Crippen LogP contribution is 2.24. The molecule has 1 aliphatic rings. The zero-order valence-electron chi connectivity index (χ0n) is 12.1. The molecule has 1 aliphatic heterocycles. The summed E-state index contributed by atoms with van der Waals surface area (Å²) < 4.78 is 0. The summed E-state index contributed by atoms with van der Waals surface area (Å²) in [6.07, 6.45) is 3.05. The van der Waals surface area contributed by atoms with E-state index in [0.29, 0.717) is 18.7 Å². The van der Waals surface area contributed by atoms with Crippen molar-refractivity contribution in [2.24, 2.45) is 0 Å². The average Bonchev–Trinajstić information content (AvgIpc) is 2.91. The van der Waals surface area contributed by atoms with E-state index < -0.39 is 0 Å². The molecule has 2 N–H and O–H groups in total. The van der Waals surface area contributed by atoms with Crippen LogP contribution in [0.15, 0.2) is 24.3 Å². The number of benzene rings is 1. The molecule has 0 unspecified atom stereocenters. The van der Waals surface area contributed by atoms with Gasteiger partial charge in [-0.1, -0.05) is 18.2 Å². The summed E-state index contributed by atoms with van der Waals surface area (Å²) in [4.78, 5) is 16.3. The fourth-order valence-electron chi connectivity index (χ4n) is 2.58. The summed E-state index contributed by atoms with van der Waals surface area (Å²) in [6.45, 7) is 2.70. The van der Waals surface area contributed by atoms with Gasteiger partial charge in [0.05, 0.1) is 5.69 Å². The number of fused-ring (bicyclic) bond motifs is 1. The van der Waals surface area contributed by atoms with Crippen molar-refractivity contribution in [3.05, 3.63) is 41.5 Å². The topological polar surface area (TPSA) is 73.9 Å². The van der Waals surface area contributed by atoms with Crippen LogP contribution in [-0.2, 0) is 17.6 Å². The fraction of sp³-hybridized carbons (Fsp3) is 0.400. The van der Waals surface area contributed by atoms with Gasteiger partial charge >= 0.3 is 0 Å². The minimum atomic E-state index is -0.00541. The Morgan fingerprint density at radius 2 is 2.29 bits per heavy atom. The lowest BCUT2D eigenvalue weighted by Crippen LogP contribution is -2.45. The molecule has 0 aliphatic carbocycles. The first-order valence-electron chi connectivity index (χ1n) is 7.25. The number of carbonyl (C=O) groups is 1. The smallest absolute Gasteiger partial charge is 0.238 e. The molecule has 110 valence electrons. The molecule has 6 heteroatoms. The van der Waals surface area contributed by atoms with Crippen LogP contribution in [0.2, 0.25) is 0 Å². The van der Waals surface area contributed by atoms with Crippen molar-refractivity contribution < 1.29 is 4.79 Å². The van der Waals surface area contributed by atoms with E-state index in [1.165, 1.54) is 5.56 Å². The molecule has 1 aromatic carbocycles. The molecular weight excluding hydrogens is 266 g/mol. The summed E-state index contributed by atoms with van der Waals surface area (Å²) >= 11 is 0. The zero-order valence-corrected chi connectivity index (χ0v) is 12.1. The Morgan fingerprint density at radius 1 is 1.43 bits per heavy atom. The van der Waals surface area contributed by atoms with Crippen LogP contribution in [0.3, 0.4) is 0 Å². The highest BCUT2D eigenvalue weighted by molar-refractivity contribution is 5.78. The number of para-hydroxylation sites is 1. The molecule has 2 heterocycles. The Morgan fingerprint density at radius 3 is 3.10 bits per heavy atom. The number of aromatic nitrogens is 3. The van der Waals surface area contributed by atoms with Crippen LogP contribution in [0.5, 0.6) is 0 Å². The summed E-state index contributed by atoms with van der Waals surface area (Å²) in [5.41, 5.74) is 5.37. The largest absolute Gasteiger partial charge is 0.285 e. The number of nitrogens with one attached hydrogen (secondary N) is 2. The third kappa shape index (κ3) is 3.21. The Hall–Kier alpha value is -2.37. The predicted molar refractivity (Wildman–Crippen MR) is 79.7 cm³/mol. The quantitative estimate of drug-likeness (QED) is 0.893. The molecule has 1 aromatic heterocycles. The second-order valence-corrected chi connectivity index (χ2v) is 5.26. The molecule has 0 saturated carbocycles. The van der Waals surface area contributed by atoms with E-state index in [-0.39, 0.29) is 5.91 Å². The maximum atomic E-state index is 12.1. The summed E-state index contributed by atoms with van der Waals surface area (Å²) in [5, 5.41) is 8.77. The summed E-state index contributed by atoms with van der Waals surface area (Å²) in [5.74, 6) is 1.45. The van der Waals surface area contributed by atoms with Gasteiger partial charge in [0.1, 0.15) is 5.82 Å². The van der Waals surface area contributed by atoms with Gasteiger partial charge in [-0.3, -0.25) is 20.3 Å². The van der Waals surface area contributed by atoms with Crippen LogP contribution in [0.25, 0.3) is 0 Å². The number of carbonyl (C=O) groups excluding carboxylic acids is 1. The number of anilines is 1. The number of hydrogen-bond acceptors (Lipinski definition) is 4. The van der Waals surface area contributed by atoms with Crippen molar-refractivity contribution >= 4 is 11.6 Å². The van der Waals surface area contributed by atoms with Crippen LogP contribution in [-0.4, -0.2) is 27.6 Å². The van der Waals surface area contributed by atoms with Crippen LogP contribution in [0, 0.1) is 6.92 Å². The van der Waals surface area contributed by atoms with E-state index in [2.05, 4.69) is 26.7 Å². The number of hydrazine groups is 1. The van der Waals surface area contributed by atoms with Crippen LogP contribution < -0.4 is 10.4 Å². The molecule has 2 aromatic rings. The monoisotopic (exact) mass is 285 g/mol. The Balaban J connectivity index is 1.58. The van der Waals surface area contributed by atoms with E-state index in [1.54, 1.807) is 0 Å². The first-order valence-corrected chi connectivity index (χ1v) is 7.25. The SMILES string of the molecule is Cc1nc(CCC(=O)NN2CCCc3ccccc32)n[nH]1. The average molecular weight is 285 g/mol. The fourth-order valence-corrected chi connectivity index (χ4v) is 2.58. The lowest BCUT2D eigenvalue weighted by molar-refractivity contribution is -0.121. The van der Waals surface area contributed by atoms with Gasteiger partial charge in [0.15, 0.2) is 5.82 Å². The molecule has 6 nitrogen and oxygen atoms in total. The normalized spacial score (nSPS) is 13.9. The highest BCUT2D eigenvalue weighted by atomic mass is 16.2. The lowest BCUT2D eigenvalue weighted by Gasteiger charge is -2.31. The third-order valence-electron chi connectivity index (χ3n) is 3.59. The second kappa shape index (κ2) is 5.95. The van der Waals surface area contributed by atoms with Gasteiger partial charge in [-0.2, -0.15) is 5.10 Å². The highest BCUT2D eigenvalue weighted by Gasteiger charge is 2.18. The first-order chi connectivity index (χ1) is 10.2. The van der Waals surface area contributed by atoms with Crippen molar-refractivity contribution in [2.45, 2.75) is 32.6 Å². The first kappa shape index (κ1) is 13.6. The Bertz CT molecular complexity index is 636. The van der Waals surface area contributed by atoms with Crippen LogP contribution in [0.4, 0.5) is 5.69 Å². The number of H-pyrrole nitrogens is 1. The standard InChI is InChI=1S/C15H19N5O/c1-11-16-14(18-17-11)8-9-15(21)19-20-10-4-6-12-5-2-3-7-13(12)20/h2-3,5,7H,4,6,8-10H2,1H3,(H,19,21)(H,16,17,18). The number of hydrogen-bond donors (Lipinski definition) is 2. The Kier molecular flexibility index (Phi) is 3.85. The van der Waals surface area contributed by atoms with Gasteiger partial charge in [-0.05, 0) is 31.4 Å². The molecule has 21 heavy (non-hydrogen) atoms.